The van der Waals surface area contributed by atoms with E-state index in [-0.39, 0.29) is 3.70 Å². The smallest absolute Gasteiger partial charge is 0.245 e. The molecule has 0 aliphatic rings. The molecule has 0 radical (unpaired) electrons. The summed E-state index contributed by atoms with van der Waals surface area (Å²) in [6, 6.07) is 4.83. The third kappa shape index (κ3) is 1.70. The van der Waals surface area contributed by atoms with Crippen LogP contribution < -0.4 is 0 Å². The van der Waals surface area contributed by atoms with Crippen molar-refractivity contribution in [1.29, 1.82) is 0 Å². The van der Waals surface area contributed by atoms with Gasteiger partial charge < -0.3 is 0 Å². The van der Waals surface area contributed by atoms with Crippen LogP contribution in [0.15, 0.2) is 24.4 Å². The number of hydrogen-bond donors (Lipinski definition) is 0. The molecular formula is C5H4INO2. The van der Waals surface area contributed by atoms with Crippen LogP contribution in [0.25, 0.3) is 0 Å². The van der Waals surface area contributed by atoms with E-state index in [1.807, 2.05) is 0 Å². The SMILES string of the molecule is O=I(=O)c1ccccn1. The molecule has 48 valence electrons. The summed E-state index contributed by atoms with van der Waals surface area (Å²) in [6.45, 7) is 0. The summed E-state index contributed by atoms with van der Waals surface area (Å²) >= 11 is -3.29. The summed E-state index contributed by atoms with van der Waals surface area (Å²) in [5.74, 6) is 0. The number of hydrogen-bond acceptors (Lipinski definition) is 3. The lowest BCUT2D eigenvalue weighted by atomic mass is 10.5. The molecule has 0 unspecified atom stereocenters. The summed E-state index contributed by atoms with van der Waals surface area (Å²) in [7, 11) is 0. The molecule has 0 N–H and O–H groups in total. The maximum Gasteiger partial charge on any atom is 0.359 e. The van der Waals surface area contributed by atoms with E-state index in [2.05, 4.69) is 4.98 Å². The molecule has 3 nitrogen and oxygen atoms in total. The molecule has 0 bridgehead atoms. The van der Waals surface area contributed by atoms with Gasteiger partial charge in [0.2, 0.25) is 0 Å². The van der Waals surface area contributed by atoms with Crippen LogP contribution in [0.4, 0.5) is 0 Å². The zero-order valence-corrected chi connectivity index (χ0v) is 6.61. The second-order valence-electron chi connectivity index (χ2n) is 1.37. The third-order valence-corrected chi connectivity index (χ3v) is 2.33. The van der Waals surface area contributed by atoms with Gasteiger partial charge in [-0.1, -0.05) is 6.07 Å². The number of nitrogens with zero attached hydrogens (tertiary/aromatic N) is 1. The monoisotopic (exact) mass is 237 g/mol. The molecule has 0 fully saturated rings. The summed E-state index contributed by atoms with van der Waals surface area (Å²) in [5.41, 5.74) is 0. The lowest BCUT2D eigenvalue weighted by Gasteiger charge is -1.80. The van der Waals surface area contributed by atoms with Crippen molar-refractivity contribution in [2.75, 3.05) is 0 Å². The molecule has 0 aromatic carbocycles. The van der Waals surface area contributed by atoms with Gasteiger partial charge in [-0.25, -0.2) is 11.1 Å². The average Bonchev–Trinajstić information content (AvgIpc) is 1.90. The first-order valence-electron chi connectivity index (χ1n) is 2.27. The van der Waals surface area contributed by atoms with Crippen LogP contribution in [0.5, 0.6) is 0 Å². The fourth-order valence-electron chi connectivity index (χ4n) is 0.433. The van der Waals surface area contributed by atoms with Gasteiger partial charge in [-0.3, -0.25) is 0 Å². The van der Waals surface area contributed by atoms with Crippen molar-refractivity contribution >= 4 is 19.8 Å². The van der Waals surface area contributed by atoms with Gasteiger partial charge in [0.15, 0.2) is 3.70 Å². The minimum atomic E-state index is -3.29. The molecular weight excluding hydrogens is 233 g/mol. The first-order chi connectivity index (χ1) is 4.30. The largest absolute Gasteiger partial charge is 0.359 e. The van der Waals surface area contributed by atoms with Gasteiger partial charge in [0.1, 0.15) is 0 Å². The molecule has 1 aromatic rings. The summed E-state index contributed by atoms with van der Waals surface area (Å²) in [6.07, 6.45) is 1.47. The van der Waals surface area contributed by atoms with Crippen LogP contribution in [0.1, 0.15) is 0 Å². The molecule has 0 aliphatic heterocycles. The van der Waals surface area contributed by atoms with Gasteiger partial charge in [0.05, 0.1) is 0 Å². The van der Waals surface area contributed by atoms with Gasteiger partial charge in [-0.2, -0.15) is 0 Å². The Bertz CT molecular complexity index is 247. The topological polar surface area (TPSA) is 47.0 Å². The zero-order valence-electron chi connectivity index (χ0n) is 4.45. The van der Waals surface area contributed by atoms with Crippen molar-refractivity contribution in [2.45, 2.75) is 0 Å². The number of rotatable bonds is 1. The highest BCUT2D eigenvalue weighted by molar-refractivity contribution is 14.2. The number of halogens is 1. The summed E-state index contributed by atoms with van der Waals surface area (Å²) in [5, 5.41) is 0. The average molecular weight is 237 g/mol. The zero-order chi connectivity index (χ0) is 6.69. The van der Waals surface area contributed by atoms with Crippen molar-refractivity contribution < 1.29 is 6.14 Å². The van der Waals surface area contributed by atoms with Crippen LogP contribution in [-0.2, 0) is 6.14 Å². The summed E-state index contributed by atoms with van der Waals surface area (Å²) < 4.78 is 20.7. The van der Waals surface area contributed by atoms with Crippen molar-refractivity contribution in [3.05, 3.63) is 28.1 Å². The Morgan fingerprint density at radius 2 is 2.11 bits per heavy atom. The second kappa shape index (κ2) is 2.86. The molecule has 0 saturated carbocycles. The predicted octanol–water partition coefficient (Wildman–Crippen LogP) is 1.45. The van der Waals surface area contributed by atoms with E-state index in [4.69, 9.17) is 0 Å². The molecule has 1 heterocycles. The van der Waals surface area contributed by atoms with E-state index >= 15 is 0 Å². The Labute approximate surface area is 59.3 Å². The van der Waals surface area contributed by atoms with Crippen molar-refractivity contribution in [2.24, 2.45) is 0 Å². The molecule has 9 heavy (non-hydrogen) atoms. The van der Waals surface area contributed by atoms with E-state index in [0.717, 1.165) is 0 Å². The Hall–Kier alpha value is -0.520. The van der Waals surface area contributed by atoms with Gasteiger partial charge in [-0.05, 0) is 12.1 Å². The quantitative estimate of drug-likeness (QED) is 0.548. The molecule has 1 aromatic heterocycles. The Morgan fingerprint density at radius 1 is 1.33 bits per heavy atom. The van der Waals surface area contributed by atoms with Crippen LogP contribution >= 0.6 is 19.8 Å². The van der Waals surface area contributed by atoms with Gasteiger partial charge in [0.25, 0.3) is 0 Å². The third-order valence-electron chi connectivity index (χ3n) is 0.787. The molecule has 0 amide bonds. The van der Waals surface area contributed by atoms with E-state index in [9.17, 15) is 6.14 Å². The van der Waals surface area contributed by atoms with Crippen LogP contribution in [0, 0.1) is 3.70 Å². The minimum absolute atomic E-state index is 0.210. The van der Waals surface area contributed by atoms with Crippen LogP contribution in [0.3, 0.4) is 0 Å². The summed E-state index contributed by atoms with van der Waals surface area (Å²) in [4.78, 5) is 3.62. The van der Waals surface area contributed by atoms with E-state index in [1.54, 1.807) is 12.1 Å². The molecule has 0 saturated heterocycles. The second-order valence-corrected chi connectivity index (χ2v) is 3.72. The fourth-order valence-corrected chi connectivity index (χ4v) is 1.32. The van der Waals surface area contributed by atoms with E-state index in [0.29, 0.717) is 0 Å². The van der Waals surface area contributed by atoms with Gasteiger partial charge >= 0.3 is 19.8 Å². The molecule has 4 heteroatoms. The lowest BCUT2D eigenvalue weighted by molar-refractivity contribution is 0.610. The normalized spacial score (nSPS) is 9.89. The Morgan fingerprint density at radius 3 is 2.44 bits per heavy atom. The fraction of sp³-hybridized carbons (Fsp3) is 0. The number of aromatic nitrogens is 1. The molecule has 0 aliphatic carbocycles. The predicted molar refractivity (Wildman–Crippen MR) is 38.3 cm³/mol. The maximum atomic E-state index is 10.3. The minimum Gasteiger partial charge on any atom is -0.245 e. The lowest BCUT2D eigenvalue weighted by Crippen LogP contribution is -1.75. The molecule has 0 atom stereocenters. The van der Waals surface area contributed by atoms with E-state index < -0.39 is 19.8 Å². The van der Waals surface area contributed by atoms with Gasteiger partial charge in [-0.15, -0.1) is 0 Å². The Balaban J connectivity index is 3.13. The first-order valence-corrected chi connectivity index (χ1v) is 5.11. The highest BCUT2D eigenvalue weighted by Crippen LogP contribution is 2.11. The van der Waals surface area contributed by atoms with Crippen LogP contribution in [0.2, 0.25) is 0 Å². The first kappa shape index (κ1) is 6.60. The van der Waals surface area contributed by atoms with Crippen LogP contribution in [-0.4, -0.2) is 4.98 Å². The molecule has 1 rings (SSSR count). The van der Waals surface area contributed by atoms with E-state index in [1.165, 1.54) is 12.3 Å². The highest BCUT2D eigenvalue weighted by Gasteiger charge is 1.94. The van der Waals surface area contributed by atoms with Crippen molar-refractivity contribution in [3.63, 3.8) is 0 Å². The standard InChI is InChI=1S/C5H4INO2/c8-6(9)5-3-1-2-4-7-5/h1-4H. The highest BCUT2D eigenvalue weighted by atomic mass is 127. The van der Waals surface area contributed by atoms with Crippen molar-refractivity contribution in [1.82, 2.24) is 4.98 Å². The number of pyridine rings is 1. The Kier molecular flexibility index (Phi) is 2.10. The van der Waals surface area contributed by atoms with Crippen molar-refractivity contribution in [3.8, 4) is 0 Å². The molecule has 0 spiro atoms. The van der Waals surface area contributed by atoms with Gasteiger partial charge in [0, 0.05) is 6.20 Å². The maximum absolute atomic E-state index is 10.3.